The van der Waals surface area contributed by atoms with Crippen LogP contribution >= 0.6 is 0 Å². The van der Waals surface area contributed by atoms with E-state index in [1.165, 1.54) is 5.92 Å². The number of aryl methyl sites for hydroxylation is 1. The Kier molecular flexibility index (Phi) is 2.10. The highest BCUT2D eigenvalue weighted by Gasteiger charge is 1.96. The number of hydrogen-bond donors (Lipinski definition) is 0. The zero-order valence-corrected chi connectivity index (χ0v) is 6.76. The molecule has 0 fully saturated rings. The van der Waals surface area contributed by atoms with Crippen LogP contribution in [0.1, 0.15) is 19.5 Å². The quantitative estimate of drug-likeness (QED) is 0.607. The predicted octanol–water partition coefficient (Wildman–Crippen LogP) is 1.81. The fourth-order valence-corrected chi connectivity index (χ4v) is 0.875. The molecule has 0 amide bonds. The van der Waals surface area contributed by atoms with E-state index in [2.05, 4.69) is 18.9 Å². The summed E-state index contributed by atoms with van der Waals surface area (Å²) in [6.45, 7) is 7.16. The van der Waals surface area contributed by atoms with Crippen molar-refractivity contribution in [2.45, 2.75) is 27.3 Å². The molecule has 0 aliphatic heterocycles. The molecule has 55 valence electrons. The molecule has 0 atom stereocenters. The second-order valence-corrected chi connectivity index (χ2v) is 2.86. The van der Waals surface area contributed by atoms with Crippen molar-refractivity contribution in [2.75, 3.05) is 0 Å². The molecular formula is C8H13N2. The Bertz CT molecular complexity index is 201. The summed E-state index contributed by atoms with van der Waals surface area (Å²) in [5.74, 6) is 1.38. The molecule has 0 saturated carbocycles. The maximum Gasteiger partial charge on any atom is 0.0593 e. The first-order valence-electron chi connectivity index (χ1n) is 3.47. The Morgan fingerprint density at radius 2 is 2.30 bits per heavy atom. The Hall–Kier alpha value is -0.790. The summed E-state index contributed by atoms with van der Waals surface area (Å²) >= 11 is 0. The van der Waals surface area contributed by atoms with Gasteiger partial charge in [0.15, 0.2) is 0 Å². The molecule has 1 heterocycles. The third kappa shape index (κ3) is 1.87. The summed E-state index contributed by atoms with van der Waals surface area (Å²) < 4.78 is 1.95. The van der Waals surface area contributed by atoms with Gasteiger partial charge in [0.1, 0.15) is 0 Å². The summed E-state index contributed by atoms with van der Waals surface area (Å²) in [5.41, 5.74) is 1.08. The van der Waals surface area contributed by atoms with Crippen LogP contribution in [-0.4, -0.2) is 9.78 Å². The predicted molar refractivity (Wildman–Crippen MR) is 41.6 cm³/mol. The van der Waals surface area contributed by atoms with Crippen LogP contribution in [0.25, 0.3) is 0 Å². The van der Waals surface area contributed by atoms with E-state index in [0.717, 1.165) is 12.2 Å². The highest BCUT2D eigenvalue weighted by Crippen LogP contribution is 2.00. The first-order chi connectivity index (χ1) is 4.68. The number of hydrogen-bond acceptors (Lipinski definition) is 1. The van der Waals surface area contributed by atoms with Crippen molar-refractivity contribution in [3.63, 3.8) is 0 Å². The first kappa shape index (κ1) is 7.32. The average molecular weight is 137 g/mol. The lowest BCUT2D eigenvalue weighted by atomic mass is 10.2. The van der Waals surface area contributed by atoms with Gasteiger partial charge in [0.05, 0.1) is 5.69 Å². The molecule has 0 aliphatic rings. The van der Waals surface area contributed by atoms with Gasteiger partial charge in [-0.25, -0.2) is 0 Å². The van der Waals surface area contributed by atoms with Gasteiger partial charge in [-0.3, -0.25) is 4.68 Å². The fourth-order valence-electron chi connectivity index (χ4n) is 0.875. The Morgan fingerprint density at radius 3 is 2.70 bits per heavy atom. The van der Waals surface area contributed by atoms with Gasteiger partial charge < -0.3 is 0 Å². The minimum Gasteiger partial charge on any atom is -0.272 e. The van der Waals surface area contributed by atoms with Crippen molar-refractivity contribution in [3.05, 3.63) is 23.9 Å². The van der Waals surface area contributed by atoms with E-state index in [1.807, 2.05) is 23.9 Å². The van der Waals surface area contributed by atoms with E-state index in [4.69, 9.17) is 0 Å². The average Bonchev–Trinajstić information content (AvgIpc) is 2.13. The van der Waals surface area contributed by atoms with E-state index in [9.17, 15) is 0 Å². The summed E-state index contributed by atoms with van der Waals surface area (Å²) in [7, 11) is 0. The Labute approximate surface area is 61.9 Å². The monoisotopic (exact) mass is 137 g/mol. The van der Waals surface area contributed by atoms with Crippen LogP contribution in [0.4, 0.5) is 0 Å². The molecule has 0 unspecified atom stereocenters. The van der Waals surface area contributed by atoms with Crippen LogP contribution < -0.4 is 0 Å². The molecule has 0 N–H and O–H groups in total. The Balaban J connectivity index is 2.58. The van der Waals surface area contributed by atoms with Crippen LogP contribution in [0.3, 0.4) is 0 Å². The topological polar surface area (TPSA) is 17.8 Å². The van der Waals surface area contributed by atoms with Gasteiger partial charge in [-0.2, -0.15) is 5.10 Å². The van der Waals surface area contributed by atoms with Gasteiger partial charge in [0.2, 0.25) is 0 Å². The maximum atomic E-state index is 4.25. The molecule has 0 bridgehead atoms. The summed E-state index contributed by atoms with van der Waals surface area (Å²) in [6.07, 6.45) is 2.00. The zero-order valence-electron chi connectivity index (χ0n) is 6.76. The highest BCUT2D eigenvalue weighted by atomic mass is 15.3. The highest BCUT2D eigenvalue weighted by molar-refractivity contribution is 4.96. The number of nitrogens with zero attached hydrogens (tertiary/aromatic N) is 2. The first-order valence-corrected chi connectivity index (χ1v) is 3.47. The second kappa shape index (κ2) is 2.86. The number of rotatable bonds is 2. The molecule has 0 aromatic carbocycles. The Morgan fingerprint density at radius 1 is 1.60 bits per heavy atom. The van der Waals surface area contributed by atoms with Gasteiger partial charge in [-0.05, 0) is 18.9 Å². The van der Waals surface area contributed by atoms with Crippen molar-refractivity contribution < 1.29 is 0 Å². The molecule has 2 heteroatoms. The van der Waals surface area contributed by atoms with Crippen LogP contribution in [0.2, 0.25) is 0 Å². The molecule has 1 rings (SSSR count). The molecule has 10 heavy (non-hydrogen) atoms. The number of aromatic nitrogens is 2. The third-order valence-corrected chi connectivity index (χ3v) is 1.25. The molecule has 1 aromatic rings. The van der Waals surface area contributed by atoms with Gasteiger partial charge >= 0.3 is 0 Å². The normalized spacial score (nSPS) is 10.8. The minimum absolute atomic E-state index is 0.938. The van der Waals surface area contributed by atoms with Gasteiger partial charge in [0, 0.05) is 12.7 Å². The van der Waals surface area contributed by atoms with Gasteiger partial charge in [0.25, 0.3) is 0 Å². The largest absolute Gasteiger partial charge is 0.272 e. The summed E-state index contributed by atoms with van der Waals surface area (Å²) in [6, 6.07) is 2.02. The zero-order chi connectivity index (χ0) is 7.56. The van der Waals surface area contributed by atoms with Gasteiger partial charge in [-0.15, -0.1) is 0 Å². The molecule has 0 aliphatic carbocycles. The molecule has 2 nitrogen and oxygen atoms in total. The molecular weight excluding hydrogens is 124 g/mol. The third-order valence-electron chi connectivity index (χ3n) is 1.25. The summed E-state index contributed by atoms with van der Waals surface area (Å²) in [4.78, 5) is 0. The van der Waals surface area contributed by atoms with Gasteiger partial charge in [-0.1, -0.05) is 13.8 Å². The van der Waals surface area contributed by atoms with E-state index in [1.54, 1.807) is 0 Å². The van der Waals surface area contributed by atoms with Crippen LogP contribution in [-0.2, 0) is 6.54 Å². The van der Waals surface area contributed by atoms with E-state index in [0.29, 0.717) is 0 Å². The lowest BCUT2D eigenvalue weighted by Crippen LogP contribution is -2.02. The molecule has 0 saturated heterocycles. The lowest BCUT2D eigenvalue weighted by Gasteiger charge is -2.02. The van der Waals surface area contributed by atoms with Crippen molar-refractivity contribution in [1.29, 1.82) is 0 Å². The van der Waals surface area contributed by atoms with Crippen molar-refractivity contribution in [3.8, 4) is 0 Å². The van der Waals surface area contributed by atoms with E-state index in [-0.39, 0.29) is 0 Å². The van der Waals surface area contributed by atoms with Crippen molar-refractivity contribution >= 4 is 0 Å². The molecule has 1 radical (unpaired) electrons. The fraction of sp³-hybridized carbons (Fsp3) is 0.500. The SMILES string of the molecule is C[C](C)Cn1ccc(C)n1. The van der Waals surface area contributed by atoms with Crippen LogP contribution in [0, 0.1) is 12.8 Å². The van der Waals surface area contributed by atoms with Crippen molar-refractivity contribution in [1.82, 2.24) is 9.78 Å². The maximum absolute atomic E-state index is 4.25. The smallest absolute Gasteiger partial charge is 0.0593 e. The van der Waals surface area contributed by atoms with Crippen LogP contribution in [0.5, 0.6) is 0 Å². The summed E-state index contributed by atoms with van der Waals surface area (Å²) in [5, 5.41) is 4.25. The molecule has 0 spiro atoms. The van der Waals surface area contributed by atoms with E-state index < -0.39 is 0 Å². The second-order valence-electron chi connectivity index (χ2n) is 2.86. The van der Waals surface area contributed by atoms with E-state index >= 15 is 0 Å². The standard InChI is InChI=1S/C8H13N2/c1-7(2)6-10-5-4-8(3)9-10/h4-5H,6H2,1-3H3. The van der Waals surface area contributed by atoms with Crippen molar-refractivity contribution in [2.24, 2.45) is 0 Å². The lowest BCUT2D eigenvalue weighted by molar-refractivity contribution is 0.624. The minimum atomic E-state index is 0.938. The molecule has 1 aromatic heterocycles. The van der Waals surface area contributed by atoms with Crippen LogP contribution in [0.15, 0.2) is 12.3 Å².